The molecule has 0 spiro atoms. The van der Waals surface area contributed by atoms with Crippen LogP contribution in [0.25, 0.3) is 5.69 Å². The van der Waals surface area contributed by atoms with E-state index in [0.29, 0.717) is 25.2 Å². The number of hydrogen-bond donors (Lipinski definition) is 1. The van der Waals surface area contributed by atoms with Gasteiger partial charge in [-0.1, -0.05) is 29.8 Å². The zero-order valence-electron chi connectivity index (χ0n) is 14.8. The zero-order chi connectivity index (χ0) is 18.3. The van der Waals surface area contributed by atoms with Crippen molar-refractivity contribution in [2.45, 2.75) is 32.6 Å². The van der Waals surface area contributed by atoms with Gasteiger partial charge >= 0.3 is 5.97 Å². The number of likely N-dealkylation sites (tertiary alicyclic amines) is 1. The van der Waals surface area contributed by atoms with Gasteiger partial charge in [-0.2, -0.15) is 0 Å². The number of fused-ring (bicyclic) bond motifs is 1. The molecule has 7 heteroatoms. The summed E-state index contributed by atoms with van der Waals surface area (Å²) in [5, 5.41) is 18.0. The number of aromatic nitrogens is 3. The van der Waals surface area contributed by atoms with Gasteiger partial charge in [0.2, 0.25) is 5.91 Å². The Labute approximate surface area is 151 Å². The molecular formula is C19H22N4O3. The van der Waals surface area contributed by atoms with Gasteiger partial charge in [-0.25, -0.2) is 4.68 Å². The van der Waals surface area contributed by atoms with Crippen molar-refractivity contribution in [3.05, 3.63) is 41.7 Å². The first kappa shape index (κ1) is 16.8. The number of benzene rings is 1. The maximum atomic E-state index is 12.8. The van der Waals surface area contributed by atoms with Crippen LogP contribution in [0.15, 0.2) is 30.3 Å². The number of rotatable bonds is 4. The monoisotopic (exact) mass is 354 g/mol. The summed E-state index contributed by atoms with van der Waals surface area (Å²) in [6.07, 6.45) is 2.64. The van der Waals surface area contributed by atoms with Gasteiger partial charge < -0.3 is 10.0 Å². The second-order valence-electron chi connectivity index (χ2n) is 7.37. The predicted molar refractivity (Wildman–Crippen MR) is 93.8 cm³/mol. The molecule has 0 radical (unpaired) electrons. The summed E-state index contributed by atoms with van der Waals surface area (Å²) in [5.74, 6) is -0.755. The van der Waals surface area contributed by atoms with Gasteiger partial charge in [-0.15, -0.1) is 5.10 Å². The van der Waals surface area contributed by atoms with E-state index in [0.717, 1.165) is 24.2 Å². The van der Waals surface area contributed by atoms with Crippen LogP contribution in [-0.4, -0.2) is 50.0 Å². The number of hydrogen-bond acceptors (Lipinski definition) is 4. The molecule has 1 aromatic carbocycles. The molecule has 2 atom stereocenters. The quantitative estimate of drug-likeness (QED) is 0.905. The SMILES string of the molecule is Cc1c(CC(=O)N2C[C@@H]3CCC[C@@]3(C(=O)O)C2)nnn1-c1ccccc1. The van der Waals surface area contributed by atoms with Gasteiger partial charge in [0.25, 0.3) is 0 Å². The predicted octanol–water partition coefficient (Wildman–Crippen LogP) is 1.83. The van der Waals surface area contributed by atoms with Crippen molar-refractivity contribution in [2.75, 3.05) is 13.1 Å². The first-order valence-electron chi connectivity index (χ1n) is 8.99. The molecule has 0 bridgehead atoms. The Bertz CT molecular complexity index is 848. The number of nitrogens with zero attached hydrogens (tertiary/aromatic N) is 4. The number of carboxylic acids is 1. The third-order valence-electron chi connectivity index (χ3n) is 5.96. The van der Waals surface area contributed by atoms with Crippen molar-refractivity contribution in [2.24, 2.45) is 11.3 Å². The van der Waals surface area contributed by atoms with Gasteiger partial charge in [0.15, 0.2) is 0 Å². The first-order chi connectivity index (χ1) is 12.5. The fraction of sp³-hybridized carbons (Fsp3) is 0.474. The molecule has 4 rings (SSSR count). The molecule has 26 heavy (non-hydrogen) atoms. The van der Waals surface area contributed by atoms with Gasteiger partial charge in [0.05, 0.1) is 28.9 Å². The minimum Gasteiger partial charge on any atom is -0.481 e. The average molecular weight is 354 g/mol. The van der Waals surface area contributed by atoms with E-state index < -0.39 is 11.4 Å². The fourth-order valence-electron chi connectivity index (χ4n) is 4.42. The van der Waals surface area contributed by atoms with E-state index in [9.17, 15) is 14.7 Å². The summed E-state index contributed by atoms with van der Waals surface area (Å²) in [7, 11) is 0. The van der Waals surface area contributed by atoms with Crippen LogP contribution in [0.2, 0.25) is 0 Å². The molecule has 1 aliphatic carbocycles. The van der Waals surface area contributed by atoms with Crippen LogP contribution in [0, 0.1) is 18.3 Å². The second-order valence-corrected chi connectivity index (χ2v) is 7.37. The minimum atomic E-state index is -0.762. The minimum absolute atomic E-state index is 0.0664. The number of carbonyl (C=O) groups excluding carboxylic acids is 1. The summed E-state index contributed by atoms with van der Waals surface area (Å²) in [5.41, 5.74) is 1.63. The lowest BCUT2D eigenvalue weighted by Gasteiger charge is -2.23. The lowest BCUT2D eigenvalue weighted by Crippen LogP contribution is -2.37. The van der Waals surface area contributed by atoms with Crippen LogP contribution in [0.5, 0.6) is 0 Å². The van der Waals surface area contributed by atoms with E-state index >= 15 is 0 Å². The summed E-state index contributed by atoms with van der Waals surface area (Å²) < 4.78 is 1.72. The number of para-hydroxylation sites is 1. The molecule has 136 valence electrons. The van der Waals surface area contributed by atoms with Crippen molar-refractivity contribution < 1.29 is 14.7 Å². The molecule has 1 N–H and O–H groups in total. The summed E-state index contributed by atoms with van der Waals surface area (Å²) >= 11 is 0. The van der Waals surface area contributed by atoms with Crippen LogP contribution in [0.4, 0.5) is 0 Å². The van der Waals surface area contributed by atoms with Crippen molar-refractivity contribution >= 4 is 11.9 Å². The maximum Gasteiger partial charge on any atom is 0.311 e. The zero-order valence-corrected chi connectivity index (χ0v) is 14.8. The van der Waals surface area contributed by atoms with E-state index in [-0.39, 0.29) is 18.2 Å². The average Bonchev–Trinajstić information content (AvgIpc) is 3.29. The van der Waals surface area contributed by atoms with Crippen LogP contribution in [0.1, 0.15) is 30.7 Å². The Morgan fingerprint density at radius 1 is 1.31 bits per heavy atom. The Hall–Kier alpha value is -2.70. The van der Waals surface area contributed by atoms with Crippen LogP contribution in [-0.2, 0) is 16.0 Å². The molecular weight excluding hydrogens is 332 g/mol. The number of amides is 1. The van der Waals surface area contributed by atoms with Gasteiger partial charge in [-0.3, -0.25) is 9.59 Å². The molecule has 1 aliphatic heterocycles. The van der Waals surface area contributed by atoms with Gasteiger partial charge in [0, 0.05) is 13.1 Å². The van der Waals surface area contributed by atoms with Crippen molar-refractivity contribution in [1.29, 1.82) is 0 Å². The lowest BCUT2D eigenvalue weighted by atomic mass is 9.81. The molecule has 2 fully saturated rings. The smallest absolute Gasteiger partial charge is 0.311 e. The molecule has 1 saturated heterocycles. The highest BCUT2D eigenvalue weighted by Gasteiger charge is 2.55. The Balaban J connectivity index is 1.50. The molecule has 1 amide bonds. The fourth-order valence-corrected chi connectivity index (χ4v) is 4.42. The highest BCUT2D eigenvalue weighted by atomic mass is 16.4. The first-order valence-corrected chi connectivity index (χ1v) is 8.99. The molecule has 1 aromatic heterocycles. The van der Waals surface area contributed by atoms with Gasteiger partial charge in [-0.05, 0) is 37.8 Å². The van der Waals surface area contributed by atoms with Crippen molar-refractivity contribution in [3.63, 3.8) is 0 Å². The number of carbonyl (C=O) groups is 2. The molecule has 0 unspecified atom stereocenters. The van der Waals surface area contributed by atoms with Crippen LogP contribution in [0.3, 0.4) is 0 Å². The topological polar surface area (TPSA) is 88.3 Å². The van der Waals surface area contributed by atoms with Crippen molar-refractivity contribution in [3.8, 4) is 5.69 Å². The Morgan fingerprint density at radius 2 is 2.08 bits per heavy atom. The van der Waals surface area contributed by atoms with Crippen LogP contribution >= 0.6 is 0 Å². The highest BCUT2D eigenvalue weighted by Crippen LogP contribution is 2.48. The Morgan fingerprint density at radius 3 is 2.77 bits per heavy atom. The number of carboxylic acid groups (broad SMARTS) is 1. The second kappa shape index (κ2) is 6.23. The highest BCUT2D eigenvalue weighted by molar-refractivity contribution is 5.82. The van der Waals surface area contributed by atoms with Gasteiger partial charge in [0.1, 0.15) is 0 Å². The van der Waals surface area contributed by atoms with Crippen LogP contribution < -0.4 is 0 Å². The van der Waals surface area contributed by atoms with E-state index in [2.05, 4.69) is 10.3 Å². The molecule has 2 aliphatic rings. The normalized spacial score (nSPS) is 24.7. The third kappa shape index (κ3) is 2.58. The molecule has 1 saturated carbocycles. The summed E-state index contributed by atoms with van der Waals surface area (Å²) in [4.78, 5) is 26.3. The third-order valence-corrected chi connectivity index (χ3v) is 5.96. The van der Waals surface area contributed by atoms with E-state index in [1.54, 1.807) is 9.58 Å². The number of aliphatic carboxylic acids is 1. The van der Waals surface area contributed by atoms with E-state index in [1.165, 1.54) is 0 Å². The maximum absolute atomic E-state index is 12.8. The molecule has 2 heterocycles. The summed E-state index contributed by atoms with van der Waals surface area (Å²) in [6.45, 7) is 2.75. The molecule has 7 nitrogen and oxygen atoms in total. The lowest BCUT2D eigenvalue weighted by molar-refractivity contribution is -0.149. The standard InChI is InChI=1S/C19H22N4O3/c1-13-16(20-21-23(13)15-7-3-2-4-8-15)10-17(24)22-11-14-6-5-9-19(14,12-22)18(25)26/h2-4,7-8,14H,5-6,9-12H2,1H3,(H,25,26)/t14-,19+/m0/s1. The Kier molecular flexibility index (Phi) is 4.01. The van der Waals surface area contributed by atoms with E-state index in [1.807, 2.05) is 37.3 Å². The summed E-state index contributed by atoms with van der Waals surface area (Å²) in [6, 6.07) is 9.66. The molecule has 2 aromatic rings. The van der Waals surface area contributed by atoms with E-state index in [4.69, 9.17) is 0 Å². The van der Waals surface area contributed by atoms with Crippen molar-refractivity contribution in [1.82, 2.24) is 19.9 Å². The largest absolute Gasteiger partial charge is 0.481 e.